The van der Waals surface area contributed by atoms with Crippen molar-refractivity contribution in [2.24, 2.45) is 0 Å². The molecule has 21 heavy (non-hydrogen) atoms. The van der Waals surface area contributed by atoms with Crippen LogP contribution < -0.4 is 14.8 Å². The molecule has 5 nitrogen and oxygen atoms in total. The van der Waals surface area contributed by atoms with E-state index in [-0.39, 0.29) is 18.7 Å². The van der Waals surface area contributed by atoms with Crippen LogP contribution in [0.3, 0.4) is 0 Å². The van der Waals surface area contributed by atoms with Crippen LogP contribution in [0.4, 0.5) is 0 Å². The van der Waals surface area contributed by atoms with Gasteiger partial charge in [0.25, 0.3) is 5.91 Å². The van der Waals surface area contributed by atoms with Crippen LogP contribution in [0, 0.1) is 0 Å². The van der Waals surface area contributed by atoms with E-state index in [9.17, 15) is 4.79 Å². The van der Waals surface area contributed by atoms with Gasteiger partial charge in [-0.3, -0.25) is 4.79 Å². The average Bonchev–Trinajstić information content (AvgIpc) is 3.14. The first-order valence-corrected chi connectivity index (χ1v) is 7.69. The molecule has 6 heteroatoms. The monoisotopic (exact) mass is 310 g/mol. The summed E-state index contributed by atoms with van der Waals surface area (Å²) < 4.78 is 10.6. The molecule has 1 fully saturated rings. The van der Waals surface area contributed by atoms with E-state index in [0.717, 1.165) is 32.5 Å². The number of ether oxygens (including phenoxy) is 2. The molecule has 1 aromatic carbocycles. The van der Waals surface area contributed by atoms with Crippen molar-refractivity contribution in [1.82, 2.24) is 10.2 Å². The number of benzene rings is 1. The molecule has 2 aliphatic heterocycles. The zero-order chi connectivity index (χ0) is 14.8. The Morgan fingerprint density at radius 3 is 3.05 bits per heavy atom. The van der Waals surface area contributed by atoms with Gasteiger partial charge in [-0.25, -0.2) is 0 Å². The number of hydrogen-bond donors (Lipinski definition) is 1. The lowest BCUT2D eigenvalue weighted by Gasteiger charge is -2.28. The zero-order valence-electron chi connectivity index (χ0n) is 12.0. The van der Waals surface area contributed by atoms with E-state index in [2.05, 4.69) is 12.2 Å². The molecule has 1 aromatic rings. The van der Waals surface area contributed by atoms with Crippen LogP contribution in [0.15, 0.2) is 12.1 Å². The number of hydrogen-bond acceptors (Lipinski definition) is 4. The second kappa shape index (κ2) is 6.12. The lowest BCUT2D eigenvalue weighted by molar-refractivity contribution is 0.0692. The fraction of sp³-hybridized carbons (Fsp3) is 0.533. The number of carbonyl (C=O) groups excluding carboxylic acids is 1. The highest BCUT2D eigenvalue weighted by atomic mass is 35.5. The Bertz CT molecular complexity index is 544. The van der Waals surface area contributed by atoms with Gasteiger partial charge < -0.3 is 19.7 Å². The first-order valence-electron chi connectivity index (χ1n) is 7.31. The summed E-state index contributed by atoms with van der Waals surface area (Å²) in [7, 11) is 0. The van der Waals surface area contributed by atoms with Crippen molar-refractivity contribution < 1.29 is 14.3 Å². The third-order valence-corrected chi connectivity index (χ3v) is 4.16. The summed E-state index contributed by atoms with van der Waals surface area (Å²) in [6, 6.07) is 3.64. The fourth-order valence-corrected chi connectivity index (χ4v) is 3.12. The third kappa shape index (κ3) is 2.80. The van der Waals surface area contributed by atoms with Gasteiger partial charge in [0.15, 0.2) is 11.5 Å². The van der Waals surface area contributed by atoms with Gasteiger partial charge in [-0.15, -0.1) is 0 Å². The molecular weight excluding hydrogens is 292 g/mol. The summed E-state index contributed by atoms with van der Waals surface area (Å²) in [5, 5.41) is 3.73. The normalized spacial score (nSPS) is 19.8. The summed E-state index contributed by atoms with van der Waals surface area (Å²) in [6.45, 7) is 4.79. The van der Waals surface area contributed by atoms with Crippen molar-refractivity contribution in [2.75, 3.05) is 26.4 Å². The van der Waals surface area contributed by atoms with E-state index in [1.807, 2.05) is 4.90 Å². The Kier molecular flexibility index (Phi) is 4.22. The number of amides is 1. The molecule has 1 amide bonds. The lowest BCUT2D eigenvalue weighted by Crippen LogP contribution is -2.42. The van der Waals surface area contributed by atoms with Gasteiger partial charge in [0.1, 0.15) is 0 Å². The zero-order valence-corrected chi connectivity index (χ0v) is 12.8. The minimum Gasteiger partial charge on any atom is -0.454 e. The fourth-order valence-electron chi connectivity index (χ4n) is 2.85. The highest BCUT2D eigenvalue weighted by Gasteiger charge is 2.28. The molecule has 0 aromatic heterocycles. The van der Waals surface area contributed by atoms with Crippen molar-refractivity contribution in [3.05, 3.63) is 22.7 Å². The standard InChI is InChI=1S/C15H19ClN2O3/c1-2-5-18(11-3-4-17-8-11)15(19)10-6-12(16)14-13(7-10)20-9-21-14/h6-7,11,17H,2-5,8-9H2,1H3. The summed E-state index contributed by atoms with van der Waals surface area (Å²) >= 11 is 6.17. The molecule has 0 saturated carbocycles. The molecule has 3 rings (SSSR count). The Morgan fingerprint density at radius 2 is 2.33 bits per heavy atom. The molecule has 0 radical (unpaired) electrons. The maximum atomic E-state index is 12.8. The van der Waals surface area contributed by atoms with Gasteiger partial charge in [-0.2, -0.15) is 0 Å². The molecule has 0 aliphatic carbocycles. The summed E-state index contributed by atoms with van der Waals surface area (Å²) in [6.07, 6.45) is 1.92. The van der Waals surface area contributed by atoms with Crippen molar-refractivity contribution in [3.63, 3.8) is 0 Å². The van der Waals surface area contributed by atoms with Crippen molar-refractivity contribution in [3.8, 4) is 11.5 Å². The number of nitrogens with one attached hydrogen (secondary N) is 1. The highest BCUT2D eigenvalue weighted by molar-refractivity contribution is 6.32. The number of halogens is 1. The molecule has 1 atom stereocenters. The first kappa shape index (κ1) is 14.5. The van der Waals surface area contributed by atoms with Crippen LogP contribution in [0.1, 0.15) is 30.1 Å². The first-order chi connectivity index (χ1) is 10.2. The summed E-state index contributed by atoms with van der Waals surface area (Å²) in [5.41, 5.74) is 0.560. The Hall–Kier alpha value is -1.46. The van der Waals surface area contributed by atoms with Crippen molar-refractivity contribution in [1.29, 1.82) is 0 Å². The number of rotatable bonds is 4. The predicted octanol–water partition coefficient (Wildman–Crippen LogP) is 2.28. The van der Waals surface area contributed by atoms with Crippen molar-refractivity contribution >= 4 is 17.5 Å². The van der Waals surface area contributed by atoms with Gasteiger partial charge >= 0.3 is 0 Å². The molecule has 1 saturated heterocycles. The largest absolute Gasteiger partial charge is 0.454 e. The second-order valence-corrected chi connectivity index (χ2v) is 5.74. The van der Waals surface area contributed by atoms with E-state index in [1.54, 1.807) is 12.1 Å². The van der Waals surface area contributed by atoms with Crippen LogP contribution in [0.25, 0.3) is 0 Å². The van der Waals surface area contributed by atoms with E-state index < -0.39 is 0 Å². The van der Waals surface area contributed by atoms with Crippen LogP contribution in [0.2, 0.25) is 5.02 Å². The number of fused-ring (bicyclic) bond motifs is 1. The molecule has 2 heterocycles. The van der Waals surface area contributed by atoms with Crippen LogP contribution in [-0.4, -0.2) is 43.3 Å². The van der Waals surface area contributed by atoms with Crippen molar-refractivity contribution in [2.45, 2.75) is 25.8 Å². The third-order valence-electron chi connectivity index (χ3n) is 3.87. The quantitative estimate of drug-likeness (QED) is 0.927. The topological polar surface area (TPSA) is 50.8 Å². The Labute approximate surface area is 129 Å². The summed E-state index contributed by atoms with van der Waals surface area (Å²) in [5.74, 6) is 1.08. The van der Waals surface area contributed by atoms with E-state index in [4.69, 9.17) is 21.1 Å². The smallest absolute Gasteiger partial charge is 0.254 e. The maximum absolute atomic E-state index is 12.8. The molecular formula is C15H19ClN2O3. The molecule has 2 aliphatic rings. The minimum absolute atomic E-state index is 0.00532. The lowest BCUT2D eigenvalue weighted by atomic mass is 10.1. The van der Waals surface area contributed by atoms with Gasteiger partial charge in [-0.1, -0.05) is 18.5 Å². The minimum atomic E-state index is 0.00532. The van der Waals surface area contributed by atoms with Crippen LogP contribution in [0.5, 0.6) is 11.5 Å². The maximum Gasteiger partial charge on any atom is 0.254 e. The predicted molar refractivity (Wildman–Crippen MR) is 80.2 cm³/mol. The van der Waals surface area contributed by atoms with Gasteiger partial charge in [0, 0.05) is 24.7 Å². The highest BCUT2D eigenvalue weighted by Crippen LogP contribution is 2.40. The van der Waals surface area contributed by atoms with E-state index >= 15 is 0 Å². The molecule has 114 valence electrons. The van der Waals surface area contributed by atoms with Crippen LogP contribution >= 0.6 is 11.6 Å². The Balaban J connectivity index is 1.87. The van der Waals surface area contributed by atoms with Gasteiger partial charge in [0.05, 0.1) is 5.02 Å². The molecule has 0 spiro atoms. The average molecular weight is 311 g/mol. The SMILES string of the molecule is CCCN(C(=O)c1cc(Cl)c2c(c1)OCO2)C1CCNC1. The number of nitrogens with zero attached hydrogens (tertiary/aromatic N) is 1. The van der Waals surface area contributed by atoms with E-state index in [1.165, 1.54) is 0 Å². The van der Waals surface area contributed by atoms with Gasteiger partial charge in [-0.05, 0) is 31.5 Å². The van der Waals surface area contributed by atoms with Gasteiger partial charge in [0.2, 0.25) is 6.79 Å². The molecule has 1 N–H and O–H groups in total. The Morgan fingerprint density at radius 1 is 1.48 bits per heavy atom. The molecule has 0 bridgehead atoms. The number of carbonyl (C=O) groups is 1. The second-order valence-electron chi connectivity index (χ2n) is 5.34. The summed E-state index contributed by atoms with van der Waals surface area (Å²) in [4.78, 5) is 14.8. The molecule has 1 unspecified atom stereocenters. The van der Waals surface area contributed by atoms with E-state index in [0.29, 0.717) is 22.1 Å². The van der Waals surface area contributed by atoms with Crippen LogP contribution in [-0.2, 0) is 0 Å².